The van der Waals surface area contributed by atoms with Gasteiger partial charge in [-0.15, -0.1) is 0 Å². The summed E-state index contributed by atoms with van der Waals surface area (Å²) in [7, 11) is 0. The summed E-state index contributed by atoms with van der Waals surface area (Å²) in [5.74, 6) is -0.342. The van der Waals surface area contributed by atoms with Gasteiger partial charge < -0.3 is 5.32 Å². The number of benzene rings is 1. The largest absolute Gasteiger partial charge is 0.326 e. The van der Waals surface area contributed by atoms with Crippen LogP contribution >= 0.6 is 0 Å². The molecule has 0 saturated heterocycles. The highest BCUT2D eigenvalue weighted by Gasteiger charge is 2.09. The highest BCUT2D eigenvalue weighted by atomic mass is 19.1. The number of halogens is 1. The summed E-state index contributed by atoms with van der Waals surface area (Å²) < 4.78 is 12.5. The molecule has 1 aromatic carbocycles. The van der Waals surface area contributed by atoms with Crippen LogP contribution in [-0.4, -0.2) is 5.91 Å². The molecule has 0 aliphatic carbocycles. The molecule has 1 aromatic rings. The Balaban J connectivity index is 2.60. The second-order valence-electron chi connectivity index (χ2n) is 3.31. The fourth-order valence-electron chi connectivity index (χ4n) is 0.984. The zero-order valence-corrected chi connectivity index (χ0v) is 8.38. The van der Waals surface area contributed by atoms with E-state index in [1.54, 1.807) is 12.1 Å². The number of hydrogen-bond acceptors (Lipinski definition) is 1. The first-order chi connectivity index (χ1) is 6.63. The number of hydrogen-bond donors (Lipinski definition) is 1. The van der Waals surface area contributed by atoms with Gasteiger partial charge in [-0.05, 0) is 30.7 Å². The minimum absolute atomic E-state index is 0.0138. The Bertz CT molecular complexity index is 308. The van der Waals surface area contributed by atoms with Crippen molar-refractivity contribution in [1.29, 1.82) is 0 Å². The Morgan fingerprint density at radius 1 is 1.43 bits per heavy atom. The normalized spacial score (nSPS) is 12.2. The van der Waals surface area contributed by atoms with E-state index < -0.39 is 0 Å². The van der Waals surface area contributed by atoms with Crippen molar-refractivity contribution in [2.24, 2.45) is 5.92 Å². The topological polar surface area (TPSA) is 29.1 Å². The van der Waals surface area contributed by atoms with E-state index >= 15 is 0 Å². The standard InChI is InChI=1S/C11H14FNO/c1-3-8(2)11(14)13-10-6-4-9(12)5-7-10/h4-8H,3H2,1-2H3,(H,13,14)/t8-/m0/s1. The Morgan fingerprint density at radius 2 is 2.00 bits per heavy atom. The van der Waals surface area contributed by atoms with Crippen LogP contribution in [0, 0.1) is 11.7 Å². The summed E-state index contributed by atoms with van der Waals surface area (Å²) in [5.41, 5.74) is 0.636. The number of carbonyl (C=O) groups excluding carboxylic acids is 1. The Morgan fingerprint density at radius 3 is 2.50 bits per heavy atom. The molecule has 0 heterocycles. The van der Waals surface area contributed by atoms with Gasteiger partial charge in [0.05, 0.1) is 0 Å². The van der Waals surface area contributed by atoms with Crippen molar-refractivity contribution in [1.82, 2.24) is 0 Å². The fraction of sp³-hybridized carbons (Fsp3) is 0.364. The van der Waals surface area contributed by atoms with Crippen molar-refractivity contribution in [2.45, 2.75) is 20.3 Å². The third-order valence-electron chi connectivity index (χ3n) is 2.17. The summed E-state index contributed by atoms with van der Waals surface area (Å²) in [6, 6.07) is 5.75. The highest BCUT2D eigenvalue weighted by molar-refractivity contribution is 5.92. The average Bonchev–Trinajstić information content (AvgIpc) is 2.20. The molecule has 0 aromatic heterocycles. The molecule has 14 heavy (non-hydrogen) atoms. The van der Waals surface area contributed by atoms with Gasteiger partial charge in [-0.2, -0.15) is 0 Å². The summed E-state index contributed by atoms with van der Waals surface area (Å²) in [6.45, 7) is 3.81. The molecule has 1 N–H and O–H groups in total. The van der Waals surface area contributed by atoms with Gasteiger partial charge in [0.1, 0.15) is 5.82 Å². The molecule has 0 saturated carbocycles. The molecular weight excluding hydrogens is 181 g/mol. The van der Waals surface area contributed by atoms with Gasteiger partial charge >= 0.3 is 0 Å². The number of nitrogens with one attached hydrogen (secondary N) is 1. The summed E-state index contributed by atoms with van der Waals surface area (Å²) >= 11 is 0. The van der Waals surface area contributed by atoms with E-state index in [1.165, 1.54) is 12.1 Å². The predicted octanol–water partition coefficient (Wildman–Crippen LogP) is 2.81. The average molecular weight is 195 g/mol. The smallest absolute Gasteiger partial charge is 0.227 e. The van der Waals surface area contributed by atoms with Crippen LogP contribution in [0.1, 0.15) is 20.3 Å². The molecule has 3 heteroatoms. The number of amides is 1. The van der Waals surface area contributed by atoms with Gasteiger partial charge in [-0.3, -0.25) is 4.79 Å². The van der Waals surface area contributed by atoms with E-state index in [1.807, 2.05) is 13.8 Å². The maximum Gasteiger partial charge on any atom is 0.227 e. The third kappa shape index (κ3) is 2.83. The molecule has 0 radical (unpaired) electrons. The fourth-order valence-corrected chi connectivity index (χ4v) is 0.984. The number of carbonyl (C=O) groups is 1. The van der Waals surface area contributed by atoms with E-state index in [0.717, 1.165) is 6.42 Å². The van der Waals surface area contributed by atoms with Crippen molar-refractivity contribution >= 4 is 11.6 Å². The first-order valence-corrected chi connectivity index (χ1v) is 4.70. The maximum atomic E-state index is 12.5. The molecule has 0 aliphatic heterocycles. The van der Waals surface area contributed by atoms with Crippen molar-refractivity contribution in [3.05, 3.63) is 30.1 Å². The molecule has 2 nitrogen and oxygen atoms in total. The SMILES string of the molecule is CC[C@H](C)C(=O)Nc1ccc(F)cc1. The Kier molecular flexibility index (Phi) is 3.63. The van der Waals surface area contributed by atoms with E-state index in [4.69, 9.17) is 0 Å². The summed E-state index contributed by atoms with van der Waals surface area (Å²) in [6.07, 6.45) is 0.799. The van der Waals surface area contributed by atoms with Gasteiger partial charge in [0.25, 0.3) is 0 Å². The van der Waals surface area contributed by atoms with Crippen molar-refractivity contribution < 1.29 is 9.18 Å². The van der Waals surface area contributed by atoms with Gasteiger partial charge in [0.2, 0.25) is 5.91 Å². The van der Waals surface area contributed by atoms with Crippen LogP contribution in [0.2, 0.25) is 0 Å². The van der Waals surface area contributed by atoms with E-state index in [-0.39, 0.29) is 17.6 Å². The first kappa shape index (κ1) is 10.7. The minimum atomic E-state index is -0.300. The molecule has 0 bridgehead atoms. The van der Waals surface area contributed by atoms with Gasteiger partial charge in [-0.1, -0.05) is 13.8 Å². The summed E-state index contributed by atoms with van der Waals surface area (Å²) in [5, 5.41) is 2.71. The zero-order chi connectivity index (χ0) is 10.6. The van der Waals surface area contributed by atoms with Gasteiger partial charge in [0, 0.05) is 11.6 Å². The van der Waals surface area contributed by atoms with E-state index in [0.29, 0.717) is 5.69 Å². The Labute approximate surface area is 83.1 Å². The monoisotopic (exact) mass is 195 g/mol. The molecule has 1 rings (SSSR count). The van der Waals surface area contributed by atoms with Crippen LogP contribution < -0.4 is 5.32 Å². The molecule has 0 aliphatic rings. The second-order valence-corrected chi connectivity index (χ2v) is 3.31. The predicted molar refractivity (Wildman–Crippen MR) is 54.5 cm³/mol. The van der Waals surface area contributed by atoms with Crippen LogP contribution in [-0.2, 0) is 4.79 Å². The molecule has 0 fully saturated rings. The maximum absolute atomic E-state index is 12.5. The van der Waals surface area contributed by atoms with Crippen LogP contribution in [0.3, 0.4) is 0 Å². The molecule has 1 amide bonds. The van der Waals surface area contributed by atoms with Gasteiger partial charge in [-0.25, -0.2) is 4.39 Å². The van der Waals surface area contributed by atoms with E-state index in [2.05, 4.69) is 5.32 Å². The lowest BCUT2D eigenvalue weighted by atomic mass is 10.1. The quantitative estimate of drug-likeness (QED) is 0.789. The van der Waals surface area contributed by atoms with Crippen LogP contribution in [0.5, 0.6) is 0 Å². The first-order valence-electron chi connectivity index (χ1n) is 4.70. The molecule has 0 unspecified atom stereocenters. The minimum Gasteiger partial charge on any atom is -0.326 e. The van der Waals surface area contributed by atoms with Crippen molar-refractivity contribution in [3.8, 4) is 0 Å². The van der Waals surface area contributed by atoms with E-state index in [9.17, 15) is 9.18 Å². The zero-order valence-electron chi connectivity index (χ0n) is 8.38. The van der Waals surface area contributed by atoms with Crippen molar-refractivity contribution in [3.63, 3.8) is 0 Å². The highest BCUT2D eigenvalue weighted by Crippen LogP contribution is 2.10. The lowest BCUT2D eigenvalue weighted by Gasteiger charge is -2.09. The van der Waals surface area contributed by atoms with Gasteiger partial charge in [0.15, 0.2) is 0 Å². The number of anilines is 1. The molecule has 1 atom stereocenters. The van der Waals surface area contributed by atoms with Crippen LogP contribution in [0.25, 0.3) is 0 Å². The van der Waals surface area contributed by atoms with Crippen LogP contribution in [0.15, 0.2) is 24.3 Å². The molecular formula is C11H14FNO. The second kappa shape index (κ2) is 4.74. The Hall–Kier alpha value is -1.38. The van der Waals surface area contributed by atoms with Crippen molar-refractivity contribution in [2.75, 3.05) is 5.32 Å². The number of rotatable bonds is 3. The molecule has 0 spiro atoms. The summed E-state index contributed by atoms with van der Waals surface area (Å²) in [4.78, 5) is 11.4. The lowest BCUT2D eigenvalue weighted by Crippen LogP contribution is -2.19. The third-order valence-corrected chi connectivity index (χ3v) is 2.17. The molecule has 76 valence electrons. The van der Waals surface area contributed by atoms with Crippen LogP contribution in [0.4, 0.5) is 10.1 Å². The lowest BCUT2D eigenvalue weighted by molar-refractivity contribution is -0.119.